The molecule has 4 nitrogen and oxygen atoms in total. The highest BCUT2D eigenvalue weighted by atomic mass is 16.5. The van der Waals surface area contributed by atoms with E-state index >= 15 is 0 Å². The number of hydrogen-bond donors (Lipinski definition) is 1. The van der Waals surface area contributed by atoms with Gasteiger partial charge in [0.05, 0.1) is 5.69 Å². The van der Waals surface area contributed by atoms with Crippen molar-refractivity contribution in [2.75, 3.05) is 5.32 Å². The van der Waals surface area contributed by atoms with Gasteiger partial charge in [0.2, 0.25) is 5.88 Å². The van der Waals surface area contributed by atoms with E-state index in [2.05, 4.69) is 31.2 Å². The van der Waals surface area contributed by atoms with Crippen molar-refractivity contribution in [2.24, 2.45) is 0 Å². The largest absolute Gasteiger partial charge is 0.338 e. The highest BCUT2D eigenvalue weighted by molar-refractivity contribution is 6.05. The highest BCUT2D eigenvalue weighted by Gasteiger charge is 2.27. The molecule has 0 spiro atoms. The third-order valence-electron chi connectivity index (χ3n) is 4.63. The molecule has 0 radical (unpaired) electrons. The average Bonchev–Trinajstić information content (AvgIpc) is 2.95. The van der Waals surface area contributed by atoms with Crippen molar-refractivity contribution in [3.05, 3.63) is 46.6 Å². The molecule has 0 atom stereocenters. The standard InChI is InChI=1S/C18H24N2O2/c1-6-18(5,7-2)14-11-15(22-20-14)19-17(21)16-12(3)9-8-10-13(16)4/h8-11H,6-7H2,1-5H3,(H,19,21). The van der Waals surface area contributed by atoms with Gasteiger partial charge >= 0.3 is 0 Å². The first-order valence-electron chi connectivity index (χ1n) is 7.76. The Morgan fingerprint density at radius 1 is 1.23 bits per heavy atom. The van der Waals surface area contributed by atoms with Gasteiger partial charge in [-0.2, -0.15) is 0 Å². The Labute approximate surface area is 131 Å². The predicted octanol–water partition coefficient (Wildman–Crippen LogP) is 4.62. The van der Waals surface area contributed by atoms with Crippen LogP contribution in [0.5, 0.6) is 0 Å². The molecule has 0 unspecified atom stereocenters. The van der Waals surface area contributed by atoms with E-state index in [1.807, 2.05) is 38.1 Å². The zero-order valence-electron chi connectivity index (χ0n) is 14.0. The smallest absolute Gasteiger partial charge is 0.258 e. The maximum atomic E-state index is 12.5. The van der Waals surface area contributed by atoms with Gasteiger partial charge in [0.1, 0.15) is 0 Å². The number of rotatable bonds is 5. The zero-order valence-corrected chi connectivity index (χ0v) is 14.0. The first-order chi connectivity index (χ1) is 10.4. The summed E-state index contributed by atoms with van der Waals surface area (Å²) in [5, 5.41) is 6.94. The normalized spacial score (nSPS) is 11.5. The summed E-state index contributed by atoms with van der Waals surface area (Å²) in [5.41, 5.74) is 3.45. The summed E-state index contributed by atoms with van der Waals surface area (Å²) in [4.78, 5) is 12.5. The van der Waals surface area contributed by atoms with Crippen molar-refractivity contribution in [2.45, 2.75) is 52.9 Å². The molecule has 22 heavy (non-hydrogen) atoms. The Bertz CT molecular complexity index is 649. The Hall–Kier alpha value is -2.10. The van der Waals surface area contributed by atoms with Gasteiger partial charge < -0.3 is 4.52 Å². The van der Waals surface area contributed by atoms with E-state index < -0.39 is 0 Å². The second kappa shape index (κ2) is 6.34. The minimum absolute atomic E-state index is 0.0228. The van der Waals surface area contributed by atoms with Crippen LogP contribution in [0.4, 0.5) is 5.88 Å². The molecule has 0 bridgehead atoms. The van der Waals surface area contributed by atoms with Gasteiger partial charge in [-0.1, -0.05) is 44.1 Å². The van der Waals surface area contributed by atoms with Gasteiger partial charge in [-0.3, -0.25) is 10.1 Å². The van der Waals surface area contributed by atoms with Gasteiger partial charge in [-0.05, 0) is 37.8 Å². The minimum Gasteiger partial charge on any atom is -0.338 e. The molecule has 118 valence electrons. The number of benzene rings is 1. The van der Waals surface area contributed by atoms with E-state index in [0.29, 0.717) is 11.4 Å². The van der Waals surface area contributed by atoms with E-state index in [-0.39, 0.29) is 11.3 Å². The first-order valence-corrected chi connectivity index (χ1v) is 7.76. The molecule has 0 aliphatic carbocycles. The Morgan fingerprint density at radius 3 is 2.36 bits per heavy atom. The van der Waals surface area contributed by atoms with Crippen LogP contribution in [-0.4, -0.2) is 11.1 Å². The summed E-state index contributed by atoms with van der Waals surface area (Å²) in [6.45, 7) is 10.3. The van der Waals surface area contributed by atoms with Crippen LogP contribution in [0.2, 0.25) is 0 Å². The molecular formula is C18H24N2O2. The van der Waals surface area contributed by atoms with Gasteiger partial charge in [0.15, 0.2) is 0 Å². The zero-order chi connectivity index (χ0) is 16.3. The number of nitrogens with zero attached hydrogens (tertiary/aromatic N) is 1. The van der Waals surface area contributed by atoms with Gasteiger partial charge in [-0.25, -0.2) is 0 Å². The van der Waals surface area contributed by atoms with Crippen LogP contribution in [0, 0.1) is 13.8 Å². The predicted molar refractivity (Wildman–Crippen MR) is 88.3 cm³/mol. The van der Waals surface area contributed by atoms with Crippen molar-refractivity contribution in [1.29, 1.82) is 0 Å². The van der Waals surface area contributed by atoms with Crippen molar-refractivity contribution in [3.8, 4) is 0 Å². The summed E-state index contributed by atoms with van der Waals surface area (Å²) < 4.78 is 5.30. The van der Waals surface area contributed by atoms with Crippen LogP contribution in [0.1, 0.15) is 60.8 Å². The number of amides is 1. The Balaban J connectivity index is 2.22. The van der Waals surface area contributed by atoms with Crippen LogP contribution >= 0.6 is 0 Å². The fraction of sp³-hybridized carbons (Fsp3) is 0.444. The summed E-state index contributed by atoms with van der Waals surface area (Å²) in [5.74, 6) is 0.240. The third kappa shape index (κ3) is 3.06. The number of aryl methyl sites for hydroxylation is 2. The summed E-state index contributed by atoms with van der Waals surface area (Å²) >= 11 is 0. The molecule has 1 heterocycles. The quantitative estimate of drug-likeness (QED) is 0.876. The molecule has 1 N–H and O–H groups in total. The lowest BCUT2D eigenvalue weighted by molar-refractivity contribution is 0.102. The Morgan fingerprint density at radius 2 is 1.82 bits per heavy atom. The number of carbonyl (C=O) groups excluding carboxylic acids is 1. The average molecular weight is 300 g/mol. The molecule has 0 aliphatic rings. The van der Waals surface area contributed by atoms with E-state index in [9.17, 15) is 4.79 Å². The molecule has 1 aromatic carbocycles. The number of nitrogens with one attached hydrogen (secondary N) is 1. The van der Waals surface area contributed by atoms with Gasteiger partial charge in [0, 0.05) is 17.0 Å². The van der Waals surface area contributed by atoms with Crippen molar-refractivity contribution in [1.82, 2.24) is 5.16 Å². The van der Waals surface area contributed by atoms with E-state index in [4.69, 9.17) is 4.52 Å². The summed E-state index contributed by atoms with van der Waals surface area (Å²) in [6, 6.07) is 7.64. The molecular weight excluding hydrogens is 276 g/mol. The van der Waals surface area contributed by atoms with Crippen molar-refractivity contribution < 1.29 is 9.32 Å². The second-order valence-corrected chi connectivity index (χ2v) is 6.07. The molecule has 1 amide bonds. The monoisotopic (exact) mass is 300 g/mol. The molecule has 2 aromatic rings. The van der Waals surface area contributed by atoms with Crippen LogP contribution < -0.4 is 5.32 Å². The maximum absolute atomic E-state index is 12.5. The lowest BCUT2D eigenvalue weighted by atomic mass is 9.81. The maximum Gasteiger partial charge on any atom is 0.258 e. The van der Waals surface area contributed by atoms with Crippen LogP contribution in [0.25, 0.3) is 0 Å². The molecule has 0 aliphatic heterocycles. The fourth-order valence-electron chi connectivity index (χ4n) is 2.58. The van der Waals surface area contributed by atoms with E-state index in [1.165, 1.54) is 0 Å². The number of carbonyl (C=O) groups is 1. The van der Waals surface area contributed by atoms with Gasteiger partial charge in [0.25, 0.3) is 5.91 Å². The molecule has 2 rings (SSSR count). The highest BCUT2D eigenvalue weighted by Crippen LogP contribution is 2.31. The van der Waals surface area contributed by atoms with E-state index in [1.54, 1.807) is 0 Å². The lowest BCUT2D eigenvalue weighted by Crippen LogP contribution is -2.19. The molecule has 4 heteroatoms. The molecule has 1 aromatic heterocycles. The van der Waals surface area contributed by atoms with Crippen molar-refractivity contribution in [3.63, 3.8) is 0 Å². The molecule has 0 saturated carbocycles. The summed E-state index contributed by atoms with van der Waals surface area (Å²) in [7, 11) is 0. The topological polar surface area (TPSA) is 55.1 Å². The fourth-order valence-corrected chi connectivity index (χ4v) is 2.58. The minimum atomic E-state index is -0.159. The number of aromatic nitrogens is 1. The lowest BCUT2D eigenvalue weighted by Gasteiger charge is -2.22. The third-order valence-corrected chi connectivity index (χ3v) is 4.63. The van der Waals surface area contributed by atoms with Gasteiger partial charge in [-0.15, -0.1) is 0 Å². The Kier molecular flexibility index (Phi) is 4.69. The van der Waals surface area contributed by atoms with Crippen LogP contribution in [-0.2, 0) is 5.41 Å². The van der Waals surface area contributed by atoms with Crippen LogP contribution in [0.3, 0.4) is 0 Å². The number of hydrogen-bond acceptors (Lipinski definition) is 3. The first kappa shape index (κ1) is 16.3. The molecule has 0 fully saturated rings. The van der Waals surface area contributed by atoms with E-state index in [0.717, 1.165) is 29.7 Å². The molecule has 0 saturated heterocycles. The van der Waals surface area contributed by atoms with Crippen molar-refractivity contribution >= 4 is 11.8 Å². The SMILES string of the molecule is CCC(C)(CC)c1cc(NC(=O)c2c(C)cccc2C)on1. The summed E-state index contributed by atoms with van der Waals surface area (Å²) in [6.07, 6.45) is 1.95. The van der Waals surface area contributed by atoms with Crippen LogP contribution in [0.15, 0.2) is 28.8 Å². The second-order valence-electron chi connectivity index (χ2n) is 6.07. The number of anilines is 1.